The molecule has 110 valence electrons. The fraction of sp³-hybridized carbons (Fsp3) is 0.643. The molecule has 1 aromatic heterocycles. The lowest BCUT2D eigenvalue weighted by atomic mass is 9.96. The molecule has 1 amide bonds. The fourth-order valence-electron chi connectivity index (χ4n) is 1.87. The maximum Gasteiger partial charge on any atom is 0.229 e. The van der Waals surface area contributed by atoms with Crippen LogP contribution in [-0.4, -0.2) is 54.0 Å². The number of amides is 1. The van der Waals surface area contributed by atoms with Crippen molar-refractivity contribution in [1.82, 2.24) is 14.9 Å². The molecule has 0 spiro atoms. The summed E-state index contributed by atoms with van der Waals surface area (Å²) in [5.41, 5.74) is 0.221. The van der Waals surface area contributed by atoms with E-state index in [1.54, 1.807) is 12.4 Å². The minimum absolute atomic E-state index is 0.0338. The van der Waals surface area contributed by atoms with Gasteiger partial charge in [0.25, 0.3) is 0 Å². The van der Waals surface area contributed by atoms with E-state index in [0.29, 0.717) is 5.69 Å². The molecule has 1 saturated heterocycles. The van der Waals surface area contributed by atoms with Crippen LogP contribution in [0, 0.1) is 5.41 Å². The van der Waals surface area contributed by atoms with Gasteiger partial charge in [0, 0.05) is 31.6 Å². The zero-order valence-corrected chi connectivity index (χ0v) is 12.7. The Kier molecular flexibility index (Phi) is 4.23. The normalized spacial score (nSPS) is 17.1. The van der Waals surface area contributed by atoms with Gasteiger partial charge in [0.2, 0.25) is 11.9 Å². The molecule has 0 aliphatic carbocycles. The zero-order chi connectivity index (χ0) is 14.8. The lowest BCUT2D eigenvalue weighted by molar-refractivity contribution is -0.123. The van der Waals surface area contributed by atoms with Crippen LogP contribution in [0.25, 0.3) is 0 Å². The number of carbonyl (C=O) groups excluding carboxylic acids is 1. The van der Waals surface area contributed by atoms with Gasteiger partial charge in [0.15, 0.2) is 0 Å². The van der Waals surface area contributed by atoms with Gasteiger partial charge in [-0.05, 0) is 7.05 Å². The number of carbonyl (C=O) groups is 1. The molecule has 0 bridgehead atoms. The summed E-state index contributed by atoms with van der Waals surface area (Å²) in [5, 5.41) is 2.83. The molecule has 0 aromatic carbocycles. The average Bonchev–Trinajstić information content (AvgIpc) is 2.39. The summed E-state index contributed by atoms with van der Waals surface area (Å²) in [6, 6.07) is 0. The molecule has 6 heteroatoms. The maximum atomic E-state index is 11.9. The first-order chi connectivity index (χ1) is 9.36. The van der Waals surface area contributed by atoms with E-state index in [2.05, 4.69) is 32.1 Å². The van der Waals surface area contributed by atoms with Crippen LogP contribution < -0.4 is 10.2 Å². The van der Waals surface area contributed by atoms with Gasteiger partial charge in [0.05, 0.1) is 18.1 Å². The first kappa shape index (κ1) is 14.7. The third kappa shape index (κ3) is 3.66. The highest BCUT2D eigenvalue weighted by atomic mass is 16.2. The number of hydrogen-bond donors (Lipinski definition) is 1. The van der Waals surface area contributed by atoms with Crippen LogP contribution in [0.2, 0.25) is 0 Å². The third-order valence-electron chi connectivity index (χ3n) is 3.36. The van der Waals surface area contributed by atoms with Crippen molar-refractivity contribution in [2.45, 2.75) is 20.8 Å². The highest BCUT2D eigenvalue weighted by molar-refractivity contribution is 5.94. The van der Waals surface area contributed by atoms with Crippen molar-refractivity contribution < 1.29 is 4.79 Å². The van der Waals surface area contributed by atoms with Crippen molar-refractivity contribution in [2.24, 2.45) is 5.41 Å². The average molecular weight is 277 g/mol. The van der Waals surface area contributed by atoms with E-state index in [9.17, 15) is 4.79 Å². The van der Waals surface area contributed by atoms with Gasteiger partial charge in [-0.1, -0.05) is 20.8 Å². The predicted octanol–water partition coefficient (Wildman–Crippen LogP) is 1.21. The number of rotatable bonds is 2. The summed E-state index contributed by atoms with van der Waals surface area (Å²) in [6.07, 6.45) is 3.34. The SMILES string of the molecule is CN1CCN(c2ncc(NC(=O)C(C)(C)C)cn2)CC1. The van der Waals surface area contributed by atoms with Crippen LogP contribution in [0.5, 0.6) is 0 Å². The Balaban J connectivity index is 1.98. The van der Waals surface area contributed by atoms with Crippen molar-refractivity contribution in [1.29, 1.82) is 0 Å². The number of nitrogens with zero attached hydrogens (tertiary/aromatic N) is 4. The molecule has 20 heavy (non-hydrogen) atoms. The summed E-state index contributed by atoms with van der Waals surface area (Å²) in [5.74, 6) is 0.695. The lowest BCUT2D eigenvalue weighted by Gasteiger charge is -2.32. The van der Waals surface area contributed by atoms with Crippen LogP contribution in [0.1, 0.15) is 20.8 Å². The van der Waals surface area contributed by atoms with E-state index in [4.69, 9.17) is 0 Å². The second-order valence-corrected chi connectivity index (χ2v) is 6.27. The van der Waals surface area contributed by atoms with Gasteiger partial charge < -0.3 is 15.1 Å². The van der Waals surface area contributed by atoms with Crippen molar-refractivity contribution in [3.05, 3.63) is 12.4 Å². The summed E-state index contributed by atoms with van der Waals surface area (Å²) < 4.78 is 0. The van der Waals surface area contributed by atoms with Crippen molar-refractivity contribution in [3.63, 3.8) is 0 Å². The molecule has 2 rings (SSSR count). The Labute approximate surface area is 120 Å². The largest absolute Gasteiger partial charge is 0.338 e. The fourth-order valence-corrected chi connectivity index (χ4v) is 1.87. The third-order valence-corrected chi connectivity index (χ3v) is 3.36. The summed E-state index contributed by atoms with van der Waals surface area (Å²) >= 11 is 0. The van der Waals surface area contributed by atoms with Crippen LogP contribution in [-0.2, 0) is 4.79 Å². The number of likely N-dealkylation sites (N-methyl/N-ethyl adjacent to an activating group) is 1. The first-order valence-corrected chi connectivity index (χ1v) is 6.93. The molecule has 0 saturated carbocycles. The first-order valence-electron chi connectivity index (χ1n) is 6.93. The lowest BCUT2D eigenvalue weighted by Crippen LogP contribution is -2.45. The Morgan fingerprint density at radius 2 is 1.70 bits per heavy atom. The molecule has 1 aromatic rings. The summed E-state index contributed by atoms with van der Waals surface area (Å²) in [6.45, 7) is 9.54. The summed E-state index contributed by atoms with van der Waals surface area (Å²) in [4.78, 5) is 25.0. The Hall–Kier alpha value is -1.69. The molecule has 1 N–H and O–H groups in total. The van der Waals surface area contributed by atoms with E-state index in [-0.39, 0.29) is 5.91 Å². The molecular weight excluding hydrogens is 254 g/mol. The minimum atomic E-state index is -0.421. The van der Waals surface area contributed by atoms with Gasteiger partial charge in [-0.25, -0.2) is 9.97 Å². The molecule has 1 aliphatic rings. The number of nitrogens with one attached hydrogen (secondary N) is 1. The monoisotopic (exact) mass is 277 g/mol. The standard InChI is InChI=1S/C14H23N5O/c1-14(2,3)12(20)17-11-9-15-13(16-10-11)19-7-5-18(4)6-8-19/h9-10H,5-8H2,1-4H3,(H,17,20). The number of anilines is 2. The van der Waals surface area contributed by atoms with Crippen molar-refractivity contribution in [3.8, 4) is 0 Å². The van der Waals surface area contributed by atoms with Gasteiger partial charge in [0.1, 0.15) is 0 Å². The smallest absolute Gasteiger partial charge is 0.229 e. The van der Waals surface area contributed by atoms with Crippen molar-refractivity contribution >= 4 is 17.5 Å². The van der Waals surface area contributed by atoms with E-state index in [1.807, 2.05) is 20.8 Å². The van der Waals surface area contributed by atoms with Gasteiger partial charge in [-0.2, -0.15) is 0 Å². The highest BCUT2D eigenvalue weighted by Crippen LogP contribution is 2.17. The van der Waals surface area contributed by atoms with E-state index < -0.39 is 5.41 Å². The van der Waals surface area contributed by atoms with Crippen LogP contribution >= 0.6 is 0 Å². The van der Waals surface area contributed by atoms with E-state index in [0.717, 1.165) is 32.1 Å². The molecule has 0 unspecified atom stereocenters. The number of piperazine rings is 1. The second-order valence-electron chi connectivity index (χ2n) is 6.27. The van der Waals surface area contributed by atoms with Crippen LogP contribution in [0.4, 0.5) is 11.6 Å². The van der Waals surface area contributed by atoms with Gasteiger partial charge >= 0.3 is 0 Å². The minimum Gasteiger partial charge on any atom is -0.338 e. The van der Waals surface area contributed by atoms with Gasteiger partial charge in [-0.3, -0.25) is 4.79 Å². The highest BCUT2D eigenvalue weighted by Gasteiger charge is 2.21. The molecule has 1 aliphatic heterocycles. The van der Waals surface area contributed by atoms with Gasteiger partial charge in [-0.15, -0.1) is 0 Å². The van der Waals surface area contributed by atoms with Crippen LogP contribution in [0.3, 0.4) is 0 Å². The molecular formula is C14H23N5O. The Morgan fingerprint density at radius 1 is 1.15 bits per heavy atom. The van der Waals surface area contributed by atoms with Crippen molar-refractivity contribution in [2.75, 3.05) is 43.4 Å². The molecule has 6 nitrogen and oxygen atoms in total. The molecule has 1 fully saturated rings. The number of hydrogen-bond acceptors (Lipinski definition) is 5. The van der Waals surface area contributed by atoms with E-state index in [1.165, 1.54) is 0 Å². The maximum absolute atomic E-state index is 11.9. The second kappa shape index (κ2) is 5.75. The predicted molar refractivity (Wildman–Crippen MR) is 79.8 cm³/mol. The van der Waals surface area contributed by atoms with Crippen LogP contribution in [0.15, 0.2) is 12.4 Å². The molecule has 0 atom stereocenters. The molecule has 0 radical (unpaired) electrons. The zero-order valence-electron chi connectivity index (χ0n) is 12.7. The Morgan fingerprint density at radius 3 is 2.20 bits per heavy atom. The quantitative estimate of drug-likeness (QED) is 0.880. The molecule has 2 heterocycles. The summed E-state index contributed by atoms with van der Waals surface area (Å²) in [7, 11) is 2.11. The topological polar surface area (TPSA) is 61.4 Å². The van der Waals surface area contributed by atoms with E-state index >= 15 is 0 Å². The number of aromatic nitrogens is 2. The Bertz CT molecular complexity index is 457.